The number of aliphatic hydroxyl groups is 2. The van der Waals surface area contributed by atoms with Crippen LogP contribution in [0.3, 0.4) is 0 Å². The third-order valence-corrected chi connectivity index (χ3v) is 2.52. The van der Waals surface area contributed by atoms with Crippen molar-refractivity contribution in [2.75, 3.05) is 18.6 Å². The molecule has 0 amide bonds. The average Bonchev–Trinajstić information content (AvgIpc) is 2.27. The van der Waals surface area contributed by atoms with Gasteiger partial charge in [-0.15, -0.1) is 0 Å². The normalized spacial score (nSPS) is 14.7. The van der Waals surface area contributed by atoms with Gasteiger partial charge in [0.2, 0.25) is 0 Å². The third kappa shape index (κ3) is 2.77. The summed E-state index contributed by atoms with van der Waals surface area (Å²) in [4.78, 5) is 0. The van der Waals surface area contributed by atoms with Crippen molar-refractivity contribution in [1.82, 2.24) is 0 Å². The maximum Gasteiger partial charge on any atom is 0.142 e. The van der Waals surface area contributed by atoms with E-state index in [1.165, 1.54) is 7.11 Å². The van der Waals surface area contributed by atoms with E-state index in [1.54, 1.807) is 18.2 Å². The van der Waals surface area contributed by atoms with Crippen LogP contribution in [0.4, 0.5) is 5.69 Å². The Morgan fingerprint density at radius 3 is 2.67 bits per heavy atom. The summed E-state index contributed by atoms with van der Waals surface area (Å²) in [6.07, 6.45) is -1.88. The Kier molecular flexibility index (Phi) is 4.26. The first-order chi connectivity index (χ1) is 7.10. The Labute approximate surface area is 94.1 Å². The molecule has 0 spiro atoms. The third-order valence-electron chi connectivity index (χ3n) is 2.15. The van der Waals surface area contributed by atoms with E-state index in [4.69, 9.17) is 10.5 Å². The number of rotatable bonds is 4. The molecule has 0 heterocycles. The summed E-state index contributed by atoms with van der Waals surface area (Å²) in [6.45, 7) is 0. The Morgan fingerprint density at radius 2 is 2.13 bits per heavy atom. The van der Waals surface area contributed by atoms with Crippen molar-refractivity contribution in [3.8, 4) is 5.75 Å². The molecule has 15 heavy (non-hydrogen) atoms. The maximum atomic E-state index is 9.70. The molecule has 0 radical (unpaired) electrons. The van der Waals surface area contributed by atoms with Crippen molar-refractivity contribution in [3.05, 3.63) is 23.8 Å². The number of thiol groups is 1. The van der Waals surface area contributed by atoms with Gasteiger partial charge < -0.3 is 20.7 Å². The minimum Gasteiger partial charge on any atom is -0.495 e. The second-order valence-corrected chi connectivity index (χ2v) is 3.56. The highest BCUT2D eigenvalue weighted by Crippen LogP contribution is 2.27. The zero-order valence-electron chi connectivity index (χ0n) is 8.42. The molecule has 0 aliphatic rings. The summed E-state index contributed by atoms with van der Waals surface area (Å²) < 4.78 is 5.01. The van der Waals surface area contributed by atoms with Crippen LogP contribution in [0, 0.1) is 0 Å². The predicted molar refractivity (Wildman–Crippen MR) is 62.2 cm³/mol. The van der Waals surface area contributed by atoms with Gasteiger partial charge in [0.15, 0.2) is 0 Å². The van der Waals surface area contributed by atoms with Crippen molar-refractivity contribution in [1.29, 1.82) is 0 Å². The molecule has 4 nitrogen and oxygen atoms in total. The quantitative estimate of drug-likeness (QED) is 0.450. The standard InChI is InChI=1S/C10H15NO3S/c1-14-9-4-6(2-3-7(9)11)10(13)8(12)5-15/h2-4,8,10,12-13,15H,5,11H2,1H3. The Morgan fingerprint density at radius 1 is 1.47 bits per heavy atom. The molecule has 0 aliphatic carbocycles. The zero-order chi connectivity index (χ0) is 11.4. The lowest BCUT2D eigenvalue weighted by Crippen LogP contribution is -2.19. The molecule has 1 rings (SSSR count). The molecule has 0 aromatic heterocycles. The molecule has 0 fully saturated rings. The Bertz CT molecular complexity index is 332. The Hall–Kier alpha value is -0.910. The summed E-state index contributed by atoms with van der Waals surface area (Å²) in [7, 11) is 1.50. The SMILES string of the molecule is COc1cc(C(O)C(O)CS)ccc1N. The van der Waals surface area contributed by atoms with E-state index in [0.717, 1.165) is 0 Å². The van der Waals surface area contributed by atoms with Gasteiger partial charge in [-0.1, -0.05) is 6.07 Å². The van der Waals surface area contributed by atoms with Crippen molar-refractivity contribution < 1.29 is 14.9 Å². The van der Waals surface area contributed by atoms with Crippen molar-refractivity contribution in [3.63, 3.8) is 0 Å². The highest BCUT2D eigenvalue weighted by Gasteiger charge is 2.17. The zero-order valence-corrected chi connectivity index (χ0v) is 9.32. The van der Waals surface area contributed by atoms with Gasteiger partial charge >= 0.3 is 0 Å². The second-order valence-electron chi connectivity index (χ2n) is 3.20. The van der Waals surface area contributed by atoms with Gasteiger partial charge in [0, 0.05) is 5.75 Å². The lowest BCUT2D eigenvalue weighted by atomic mass is 10.0. The lowest BCUT2D eigenvalue weighted by Gasteiger charge is -2.17. The van der Waals surface area contributed by atoms with Crippen LogP contribution in [0.2, 0.25) is 0 Å². The molecule has 1 aromatic rings. The van der Waals surface area contributed by atoms with Gasteiger partial charge in [-0.3, -0.25) is 0 Å². The molecule has 0 aliphatic heterocycles. The molecular weight excluding hydrogens is 214 g/mol. The summed E-state index contributed by atoms with van der Waals surface area (Å²) in [5.74, 6) is 0.673. The van der Waals surface area contributed by atoms with Crippen LogP contribution in [0.15, 0.2) is 18.2 Å². The second kappa shape index (κ2) is 5.25. The number of ether oxygens (including phenoxy) is 1. The summed E-state index contributed by atoms with van der Waals surface area (Å²) in [5, 5.41) is 19.1. The highest BCUT2D eigenvalue weighted by atomic mass is 32.1. The fourth-order valence-electron chi connectivity index (χ4n) is 1.23. The van der Waals surface area contributed by atoms with Gasteiger partial charge in [0.05, 0.1) is 18.9 Å². The van der Waals surface area contributed by atoms with Gasteiger partial charge in [0.25, 0.3) is 0 Å². The first kappa shape index (κ1) is 12.2. The van der Waals surface area contributed by atoms with Crippen molar-refractivity contribution >= 4 is 18.3 Å². The van der Waals surface area contributed by atoms with E-state index in [2.05, 4.69) is 12.6 Å². The number of aliphatic hydroxyl groups excluding tert-OH is 2. The minimum absolute atomic E-state index is 0.188. The summed E-state index contributed by atoms with van der Waals surface area (Å²) in [5.41, 5.74) is 6.68. The molecule has 4 N–H and O–H groups in total. The molecule has 0 saturated heterocycles. The largest absolute Gasteiger partial charge is 0.495 e. The highest BCUT2D eigenvalue weighted by molar-refractivity contribution is 7.80. The number of methoxy groups -OCH3 is 1. The number of benzene rings is 1. The maximum absolute atomic E-state index is 9.70. The summed E-state index contributed by atoms with van der Waals surface area (Å²) >= 11 is 3.91. The molecule has 0 bridgehead atoms. The van der Waals surface area contributed by atoms with Crippen LogP contribution < -0.4 is 10.5 Å². The van der Waals surface area contributed by atoms with E-state index < -0.39 is 12.2 Å². The Balaban J connectivity index is 2.95. The van der Waals surface area contributed by atoms with Crippen molar-refractivity contribution in [2.45, 2.75) is 12.2 Å². The molecule has 84 valence electrons. The smallest absolute Gasteiger partial charge is 0.142 e. The number of nitrogen functional groups attached to an aromatic ring is 1. The van der Waals surface area contributed by atoms with Gasteiger partial charge in [0.1, 0.15) is 11.9 Å². The molecule has 5 heteroatoms. The molecule has 2 atom stereocenters. The fourth-order valence-corrected chi connectivity index (χ4v) is 1.43. The molecule has 0 saturated carbocycles. The van der Waals surface area contributed by atoms with E-state index in [-0.39, 0.29) is 5.75 Å². The first-order valence-corrected chi connectivity index (χ1v) is 5.13. The van der Waals surface area contributed by atoms with E-state index >= 15 is 0 Å². The van der Waals surface area contributed by atoms with Crippen LogP contribution in [0.25, 0.3) is 0 Å². The molecule has 1 aromatic carbocycles. The van der Waals surface area contributed by atoms with Crippen LogP contribution in [0.1, 0.15) is 11.7 Å². The van der Waals surface area contributed by atoms with Gasteiger partial charge in [-0.05, 0) is 17.7 Å². The van der Waals surface area contributed by atoms with E-state index in [0.29, 0.717) is 17.0 Å². The number of hydrogen-bond donors (Lipinski definition) is 4. The van der Waals surface area contributed by atoms with Crippen molar-refractivity contribution in [2.24, 2.45) is 0 Å². The summed E-state index contributed by atoms with van der Waals surface area (Å²) in [6, 6.07) is 4.88. The van der Waals surface area contributed by atoms with E-state index in [1.807, 2.05) is 0 Å². The average molecular weight is 229 g/mol. The first-order valence-electron chi connectivity index (χ1n) is 4.50. The van der Waals surface area contributed by atoms with Gasteiger partial charge in [-0.2, -0.15) is 12.6 Å². The van der Waals surface area contributed by atoms with Gasteiger partial charge in [-0.25, -0.2) is 0 Å². The van der Waals surface area contributed by atoms with Crippen LogP contribution in [-0.4, -0.2) is 29.2 Å². The molecule has 2 unspecified atom stereocenters. The number of anilines is 1. The molecular formula is C10H15NO3S. The number of hydrogen-bond acceptors (Lipinski definition) is 5. The van der Waals surface area contributed by atoms with Crippen LogP contribution in [0.5, 0.6) is 5.75 Å². The fraction of sp³-hybridized carbons (Fsp3) is 0.400. The lowest BCUT2D eigenvalue weighted by molar-refractivity contribution is 0.0336. The van der Waals surface area contributed by atoms with E-state index in [9.17, 15) is 10.2 Å². The topological polar surface area (TPSA) is 75.7 Å². The minimum atomic E-state index is -0.975. The monoisotopic (exact) mass is 229 g/mol. The van der Waals surface area contributed by atoms with Crippen LogP contribution in [-0.2, 0) is 0 Å². The predicted octanol–water partition coefficient (Wildman–Crippen LogP) is 0.601. The van der Waals surface area contributed by atoms with Crippen LogP contribution >= 0.6 is 12.6 Å². The number of nitrogens with two attached hydrogens (primary N) is 1.